The van der Waals surface area contributed by atoms with Crippen LogP contribution in [0.2, 0.25) is 0 Å². The summed E-state index contributed by atoms with van der Waals surface area (Å²) >= 11 is 1.49. The molecule has 0 atom stereocenters. The van der Waals surface area contributed by atoms with Gasteiger partial charge in [-0.3, -0.25) is 4.79 Å². The van der Waals surface area contributed by atoms with Gasteiger partial charge in [0.15, 0.2) is 0 Å². The number of nitrogens with zero attached hydrogens (tertiary/aromatic N) is 2. The van der Waals surface area contributed by atoms with Crippen molar-refractivity contribution < 1.29 is 14.3 Å². The van der Waals surface area contributed by atoms with E-state index in [9.17, 15) is 15.2 Å². The Bertz CT molecular complexity index is 1510. The van der Waals surface area contributed by atoms with E-state index in [1.807, 2.05) is 31.2 Å². The van der Waals surface area contributed by atoms with Crippen LogP contribution in [0.1, 0.15) is 44.8 Å². The van der Waals surface area contributed by atoms with E-state index in [0.717, 1.165) is 36.8 Å². The Labute approximate surface area is 194 Å². The Morgan fingerprint density at radius 3 is 2.85 bits per heavy atom. The van der Waals surface area contributed by atoms with Gasteiger partial charge in [-0.15, -0.1) is 11.3 Å². The molecule has 0 bridgehead atoms. The lowest BCUT2D eigenvalue weighted by Crippen LogP contribution is -2.21. The van der Waals surface area contributed by atoms with Crippen LogP contribution in [0.4, 0.5) is 10.7 Å². The Kier molecular flexibility index (Phi) is 5.45. The maximum atomic E-state index is 13.3. The highest BCUT2D eigenvalue weighted by molar-refractivity contribution is 7.16. The van der Waals surface area contributed by atoms with Gasteiger partial charge in [0.25, 0.3) is 5.91 Å². The van der Waals surface area contributed by atoms with E-state index in [0.29, 0.717) is 27.2 Å². The number of anilines is 1. The van der Waals surface area contributed by atoms with Crippen LogP contribution in [0.15, 0.2) is 57.9 Å². The predicted octanol–water partition coefficient (Wildman–Crippen LogP) is 5.74. The van der Waals surface area contributed by atoms with Crippen molar-refractivity contribution in [3.63, 3.8) is 0 Å². The third-order valence-corrected chi connectivity index (χ3v) is 6.91. The van der Waals surface area contributed by atoms with Gasteiger partial charge < -0.3 is 14.8 Å². The van der Waals surface area contributed by atoms with Gasteiger partial charge in [0.2, 0.25) is 5.55 Å². The molecule has 0 saturated heterocycles. The topological polar surface area (TPSA) is 98.6 Å². The first-order valence-electron chi connectivity index (χ1n) is 10.8. The molecule has 0 spiro atoms. The lowest BCUT2D eigenvalue weighted by molar-refractivity contribution is 0.102. The first kappa shape index (κ1) is 21.0. The average molecular weight is 456 g/mol. The zero-order valence-electron chi connectivity index (χ0n) is 18.0. The number of hydrogen-bond acceptors (Lipinski definition) is 6. The number of aryl methyl sites for hydroxylation is 2. The molecule has 6 nitrogen and oxygen atoms in total. The molecular weight excluding hydrogens is 434 g/mol. The summed E-state index contributed by atoms with van der Waals surface area (Å²) in [5.74, 6) is -0.309. The first-order chi connectivity index (χ1) is 16.0. The van der Waals surface area contributed by atoms with Gasteiger partial charge >= 0.3 is 0 Å². The molecule has 7 heteroatoms. The Morgan fingerprint density at radius 1 is 1.18 bits per heavy atom. The number of amides is 1. The van der Waals surface area contributed by atoms with E-state index >= 15 is 0 Å². The van der Waals surface area contributed by atoms with Gasteiger partial charge in [-0.05, 0) is 74.1 Å². The maximum absolute atomic E-state index is 13.3. The fourth-order valence-electron chi connectivity index (χ4n) is 4.11. The number of benzene rings is 2. The summed E-state index contributed by atoms with van der Waals surface area (Å²) < 4.78 is 6.00. The Hall–Kier alpha value is -3.89. The summed E-state index contributed by atoms with van der Waals surface area (Å²) in [6.45, 7) is 1.95. The molecule has 2 N–H and O–H groups in total. The van der Waals surface area contributed by atoms with Crippen molar-refractivity contribution in [2.75, 3.05) is 5.32 Å². The SMILES string of the molecule is Cc1cccc(NC(=O)c2cc3ccc(O)cc3o/c2=N\c2sc3c(c2C#N)CCCC3)c1. The largest absolute Gasteiger partial charge is 0.508 e. The van der Waals surface area contributed by atoms with E-state index in [-0.39, 0.29) is 22.8 Å². The zero-order valence-corrected chi connectivity index (χ0v) is 18.8. The summed E-state index contributed by atoms with van der Waals surface area (Å²) in [5.41, 5.74) is 4.09. The molecule has 2 heterocycles. The van der Waals surface area contributed by atoms with Crippen LogP contribution in [0.5, 0.6) is 5.75 Å². The summed E-state index contributed by atoms with van der Waals surface area (Å²) in [6.07, 6.45) is 3.96. The Balaban J connectivity index is 1.68. The lowest BCUT2D eigenvalue weighted by Gasteiger charge is -2.09. The molecule has 1 aliphatic carbocycles. The molecule has 4 aromatic rings. The number of carbonyl (C=O) groups is 1. The highest BCUT2D eigenvalue weighted by Gasteiger charge is 2.21. The maximum Gasteiger partial charge on any atom is 0.261 e. The normalized spacial score (nSPS) is 13.5. The second kappa shape index (κ2) is 8.57. The van der Waals surface area contributed by atoms with Crippen molar-refractivity contribution in [3.05, 3.63) is 81.2 Å². The minimum atomic E-state index is -0.363. The molecule has 0 radical (unpaired) electrons. The Morgan fingerprint density at radius 2 is 2.03 bits per heavy atom. The summed E-state index contributed by atoms with van der Waals surface area (Å²) in [5, 5.41) is 23.8. The van der Waals surface area contributed by atoms with Crippen molar-refractivity contribution in [2.45, 2.75) is 32.6 Å². The lowest BCUT2D eigenvalue weighted by atomic mass is 9.96. The molecule has 33 heavy (non-hydrogen) atoms. The minimum Gasteiger partial charge on any atom is -0.508 e. The number of phenolic OH excluding ortho intramolecular Hbond substituents is 1. The number of nitrogens with one attached hydrogen (secondary N) is 1. The predicted molar refractivity (Wildman–Crippen MR) is 128 cm³/mol. The second-order valence-corrected chi connectivity index (χ2v) is 9.21. The van der Waals surface area contributed by atoms with E-state index in [4.69, 9.17) is 4.42 Å². The van der Waals surface area contributed by atoms with Crippen LogP contribution in [-0.4, -0.2) is 11.0 Å². The number of carbonyl (C=O) groups excluding carboxylic acids is 1. The van der Waals surface area contributed by atoms with Crippen LogP contribution in [0.3, 0.4) is 0 Å². The van der Waals surface area contributed by atoms with Gasteiger partial charge in [0.1, 0.15) is 28.0 Å². The van der Waals surface area contributed by atoms with Gasteiger partial charge in [-0.2, -0.15) is 5.26 Å². The average Bonchev–Trinajstić information content (AvgIpc) is 3.15. The molecule has 2 aromatic heterocycles. The fraction of sp³-hybridized carbons (Fsp3) is 0.192. The van der Waals surface area contributed by atoms with Crippen LogP contribution < -0.4 is 10.9 Å². The highest BCUT2D eigenvalue weighted by atomic mass is 32.1. The highest BCUT2D eigenvalue weighted by Crippen LogP contribution is 2.39. The van der Waals surface area contributed by atoms with Crippen molar-refractivity contribution in [2.24, 2.45) is 4.99 Å². The summed E-state index contributed by atoms with van der Waals surface area (Å²) in [4.78, 5) is 19.1. The number of fused-ring (bicyclic) bond motifs is 2. The van der Waals surface area contributed by atoms with Crippen LogP contribution >= 0.6 is 11.3 Å². The number of nitriles is 1. The molecule has 1 aliphatic rings. The molecule has 0 unspecified atom stereocenters. The van der Waals surface area contributed by atoms with Crippen LogP contribution in [0, 0.1) is 18.3 Å². The number of hydrogen-bond donors (Lipinski definition) is 2. The van der Waals surface area contributed by atoms with Gasteiger partial charge in [0, 0.05) is 22.0 Å². The monoisotopic (exact) mass is 455 g/mol. The van der Waals surface area contributed by atoms with Crippen molar-refractivity contribution in [3.8, 4) is 11.8 Å². The first-order valence-corrected chi connectivity index (χ1v) is 11.6. The van der Waals surface area contributed by atoms with E-state index in [1.54, 1.807) is 12.1 Å². The summed E-state index contributed by atoms with van der Waals surface area (Å²) in [6, 6.07) is 16.2. The quantitative estimate of drug-likeness (QED) is 0.411. The molecule has 0 aliphatic heterocycles. The second-order valence-electron chi connectivity index (χ2n) is 8.13. The molecular formula is C26H21N3O3S. The smallest absolute Gasteiger partial charge is 0.261 e. The molecule has 5 rings (SSSR count). The fourth-order valence-corrected chi connectivity index (χ4v) is 5.32. The molecule has 1 amide bonds. The standard InChI is InChI=1S/C26H21N3O3S/c1-15-5-4-6-17(11-15)28-24(31)20-12-16-9-10-18(30)13-22(16)32-25(20)29-26-21(14-27)19-7-2-3-8-23(19)33-26/h4-6,9-13,30H,2-3,7-8H2,1H3,(H,28,31)/b29-25-. The zero-order chi connectivity index (χ0) is 22.9. The number of thiophene rings is 1. The minimum absolute atomic E-state index is 0.0541. The van der Waals surface area contributed by atoms with E-state index in [1.165, 1.54) is 28.3 Å². The van der Waals surface area contributed by atoms with Crippen molar-refractivity contribution in [1.29, 1.82) is 5.26 Å². The van der Waals surface area contributed by atoms with Crippen LogP contribution in [-0.2, 0) is 12.8 Å². The van der Waals surface area contributed by atoms with Crippen molar-refractivity contribution >= 4 is 38.9 Å². The number of aromatic hydroxyl groups is 1. The van der Waals surface area contributed by atoms with Crippen LogP contribution in [0.25, 0.3) is 11.0 Å². The third kappa shape index (κ3) is 4.13. The van der Waals surface area contributed by atoms with Gasteiger partial charge in [-0.1, -0.05) is 12.1 Å². The molecule has 164 valence electrons. The molecule has 2 aromatic carbocycles. The van der Waals surface area contributed by atoms with Gasteiger partial charge in [-0.25, -0.2) is 4.99 Å². The third-order valence-electron chi connectivity index (χ3n) is 5.72. The summed E-state index contributed by atoms with van der Waals surface area (Å²) in [7, 11) is 0. The van der Waals surface area contributed by atoms with E-state index in [2.05, 4.69) is 16.4 Å². The van der Waals surface area contributed by atoms with Gasteiger partial charge in [0.05, 0.1) is 5.56 Å². The van der Waals surface area contributed by atoms with Crippen molar-refractivity contribution in [1.82, 2.24) is 0 Å². The molecule has 0 saturated carbocycles. The molecule has 0 fully saturated rings. The number of rotatable bonds is 3. The van der Waals surface area contributed by atoms with E-state index < -0.39 is 0 Å². The number of phenols is 1.